The third kappa shape index (κ3) is 3.84. The maximum absolute atomic E-state index is 4.77. The number of nitrogens with zero attached hydrogens (tertiary/aromatic N) is 2. The molecule has 0 fully saturated rings. The summed E-state index contributed by atoms with van der Waals surface area (Å²) in [5, 5.41) is 8.97. The topological polar surface area (TPSA) is 37.8 Å². The first-order chi connectivity index (χ1) is 9.00. The van der Waals surface area contributed by atoms with Crippen LogP contribution in [0.3, 0.4) is 0 Å². The Kier molecular flexibility index (Phi) is 4.71. The van der Waals surface area contributed by atoms with Gasteiger partial charge in [0, 0.05) is 22.6 Å². The lowest BCUT2D eigenvalue weighted by atomic mass is 9.93. The molecule has 3 nitrogen and oxygen atoms in total. The summed E-state index contributed by atoms with van der Waals surface area (Å²) < 4.78 is 0. The van der Waals surface area contributed by atoms with Crippen LogP contribution in [-0.2, 0) is 11.8 Å². The van der Waals surface area contributed by atoms with Gasteiger partial charge in [0.25, 0.3) is 0 Å². The van der Waals surface area contributed by atoms with Crippen molar-refractivity contribution in [3.8, 4) is 0 Å². The van der Waals surface area contributed by atoms with Crippen molar-refractivity contribution in [2.24, 2.45) is 0 Å². The minimum absolute atomic E-state index is 0.128. The van der Waals surface area contributed by atoms with Gasteiger partial charge in [0.05, 0.1) is 27.9 Å². The van der Waals surface area contributed by atoms with E-state index in [1.807, 2.05) is 5.51 Å². The number of rotatable bonds is 5. The van der Waals surface area contributed by atoms with E-state index in [1.165, 1.54) is 10.7 Å². The predicted octanol–water partition coefficient (Wildman–Crippen LogP) is 3.79. The molecule has 0 aliphatic rings. The molecule has 5 heteroatoms. The van der Waals surface area contributed by atoms with E-state index in [0.717, 1.165) is 18.7 Å². The predicted molar refractivity (Wildman–Crippen MR) is 83.0 cm³/mol. The molecule has 1 atom stereocenters. The summed E-state index contributed by atoms with van der Waals surface area (Å²) in [5.74, 6) is 0. The molecule has 2 aromatic heterocycles. The molecule has 2 rings (SSSR count). The van der Waals surface area contributed by atoms with Crippen LogP contribution < -0.4 is 5.32 Å². The van der Waals surface area contributed by atoms with Crippen LogP contribution in [-0.4, -0.2) is 16.5 Å². The van der Waals surface area contributed by atoms with E-state index in [2.05, 4.69) is 48.8 Å². The summed E-state index contributed by atoms with van der Waals surface area (Å²) in [6.07, 6.45) is 0.915. The Morgan fingerprint density at radius 2 is 2.11 bits per heavy atom. The second-order valence-corrected chi connectivity index (χ2v) is 7.27. The minimum Gasteiger partial charge on any atom is -0.309 e. The Morgan fingerprint density at radius 1 is 1.32 bits per heavy atom. The van der Waals surface area contributed by atoms with Gasteiger partial charge >= 0.3 is 0 Å². The van der Waals surface area contributed by atoms with Crippen LogP contribution in [0.4, 0.5) is 0 Å². The molecule has 2 heterocycles. The molecule has 0 saturated carbocycles. The van der Waals surface area contributed by atoms with Gasteiger partial charge in [0.2, 0.25) is 0 Å². The van der Waals surface area contributed by atoms with Gasteiger partial charge < -0.3 is 5.32 Å². The van der Waals surface area contributed by atoms with Crippen molar-refractivity contribution in [2.75, 3.05) is 6.54 Å². The molecule has 104 valence electrons. The number of nitrogens with one attached hydrogen (secondary N) is 1. The van der Waals surface area contributed by atoms with E-state index in [1.54, 1.807) is 22.7 Å². The Labute approximate surface area is 123 Å². The fourth-order valence-corrected chi connectivity index (χ4v) is 3.52. The molecule has 2 aromatic rings. The largest absolute Gasteiger partial charge is 0.309 e. The van der Waals surface area contributed by atoms with Gasteiger partial charge in [-0.15, -0.1) is 22.7 Å². The zero-order valence-corrected chi connectivity index (χ0v) is 13.6. The quantitative estimate of drug-likeness (QED) is 0.912. The maximum atomic E-state index is 4.77. The standard InChI is InChI=1S/C14H21N3S2/c1-5-15-10(11-7-18-9-16-11)6-13-17-12(8-19-13)14(2,3)4/h7-10,15H,5-6H2,1-4H3. The highest BCUT2D eigenvalue weighted by molar-refractivity contribution is 7.09. The number of thiazole rings is 2. The maximum Gasteiger partial charge on any atom is 0.0948 e. The van der Waals surface area contributed by atoms with Crippen LogP contribution in [0.2, 0.25) is 0 Å². The van der Waals surface area contributed by atoms with Crippen LogP contribution in [0.15, 0.2) is 16.3 Å². The molecule has 0 aliphatic heterocycles. The summed E-state index contributed by atoms with van der Waals surface area (Å²) in [6, 6.07) is 0.273. The average molecular weight is 295 g/mol. The summed E-state index contributed by atoms with van der Waals surface area (Å²) in [6.45, 7) is 9.68. The van der Waals surface area contributed by atoms with Crippen molar-refractivity contribution >= 4 is 22.7 Å². The van der Waals surface area contributed by atoms with Crippen molar-refractivity contribution in [1.29, 1.82) is 0 Å². The molecule has 0 saturated heterocycles. The highest BCUT2D eigenvalue weighted by atomic mass is 32.1. The van der Waals surface area contributed by atoms with Crippen LogP contribution in [0.1, 0.15) is 50.1 Å². The van der Waals surface area contributed by atoms with E-state index in [0.29, 0.717) is 0 Å². The molecular formula is C14H21N3S2. The van der Waals surface area contributed by atoms with Gasteiger partial charge in [0.15, 0.2) is 0 Å². The van der Waals surface area contributed by atoms with Crippen molar-refractivity contribution < 1.29 is 0 Å². The summed E-state index contributed by atoms with van der Waals surface area (Å²) in [7, 11) is 0. The summed E-state index contributed by atoms with van der Waals surface area (Å²) >= 11 is 3.40. The third-order valence-corrected chi connectivity index (χ3v) is 4.43. The van der Waals surface area contributed by atoms with Gasteiger partial charge in [-0.05, 0) is 6.54 Å². The number of likely N-dealkylation sites (N-methyl/N-ethyl adjacent to an activating group) is 1. The van der Waals surface area contributed by atoms with Crippen LogP contribution in [0, 0.1) is 0 Å². The van der Waals surface area contributed by atoms with Crippen molar-refractivity contribution in [3.05, 3.63) is 32.7 Å². The fraction of sp³-hybridized carbons (Fsp3) is 0.571. The van der Waals surface area contributed by atoms with E-state index >= 15 is 0 Å². The second-order valence-electron chi connectivity index (χ2n) is 5.60. The first-order valence-electron chi connectivity index (χ1n) is 6.57. The monoisotopic (exact) mass is 295 g/mol. The third-order valence-electron chi connectivity index (χ3n) is 2.96. The SMILES string of the molecule is CCNC(Cc1nc(C(C)(C)C)cs1)c1cscn1. The van der Waals surface area contributed by atoms with Crippen LogP contribution in [0.25, 0.3) is 0 Å². The average Bonchev–Trinajstić information content (AvgIpc) is 2.98. The molecular weight excluding hydrogens is 274 g/mol. The first-order valence-corrected chi connectivity index (χ1v) is 8.39. The lowest BCUT2D eigenvalue weighted by Crippen LogP contribution is -2.23. The molecule has 0 amide bonds. The van der Waals surface area contributed by atoms with E-state index in [-0.39, 0.29) is 11.5 Å². The molecule has 0 radical (unpaired) electrons. The van der Waals surface area contributed by atoms with E-state index < -0.39 is 0 Å². The highest BCUT2D eigenvalue weighted by Gasteiger charge is 2.20. The van der Waals surface area contributed by atoms with Gasteiger partial charge in [-0.3, -0.25) is 0 Å². The lowest BCUT2D eigenvalue weighted by molar-refractivity contribution is 0.531. The highest BCUT2D eigenvalue weighted by Crippen LogP contribution is 2.26. The summed E-state index contributed by atoms with van der Waals surface area (Å²) in [5.41, 5.74) is 4.32. The van der Waals surface area contributed by atoms with Gasteiger partial charge in [-0.25, -0.2) is 9.97 Å². The Bertz CT molecular complexity index is 497. The second kappa shape index (κ2) is 6.11. The molecule has 0 bridgehead atoms. The Balaban J connectivity index is 2.11. The smallest absolute Gasteiger partial charge is 0.0948 e. The van der Waals surface area contributed by atoms with Crippen LogP contribution in [0.5, 0.6) is 0 Å². The van der Waals surface area contributed by atoms with E-state index in [4.69, 9.17) is 4.98 Å². The van der Waals surface area contributed by atoms with Gasteiger partial charge in [0.1, 0.15) is 0 Å². The molecule has 0 aromatic carbocycles. The van der Waals surface area contributed by atoms with Gasteiger partial charge in [-0.2, -0.15) is 0 Å². The molecule has 19 heavy (non-hydrogen) atoms. The zero-order chi connectivity index (χ0) is 13.9. The van der Waals surface area contributed by atoms with Crippen molar-refractivity contribution in [2.45, 2.75) is 45.6 Å². The Morgan fingerprint density at radius 3 is 2.63 bits per heavy atom. The van der Waals surface area contributed by atoms with Crippen molar-refractivity contribution in [1.82, 2.24) is 15.3 Å². The number of hydrogen-bond donors (Lipinski definition) is 1. The van der Waals surface area contributed by atoms with Crippen molar-refractivity contribution in [3.63, 3.8) is 0 Å². The van der Waals surface area contributed by atoms with Gasteiger partial charge in [-0.1, -0.05) is 27.7 Å². The molecule has 1 N–H and O–H groups in total. The normalized spacial score (nSPS) is 13.7. The summed E-state index contributed by atoms with van der Waals surface area (Å²) in [4.78, 5) is 9.19. The minimum atomic E-state index is 0.128. The first kappa shape index (κ1) is 14.6. The van der Waals surface area contributed by atoms with E-state index in [9.17, 15) is 0 Å². The number of hydrogen-bond acceptors (Lipinski definition) is 5. The Hall–Kier alpha value is -0.780. The fourth-order valence-electron chi connectivity index (χ4n) is 1.85. The molecule has 1 unspecified atom stereocenters. The van der Waals surface area contributed by atoms with Crippen LogP contribution >= 0.6 is 22.7 Å². The molecule has 0 aliphatic carbocycles. The molecule has 0 spiro atoms. The zero-order valence-electron chi connectivity index (χ0n) is 11.9. The lowest BCUT2D eigenvalue weighted by Gasteiger charge is -2.15. The number of aromatic nitrogens is 2.